The number of hydrogen-bond acceptors (Lipinski definition) is 4. The van der Waals surface area contributed by atoms with Gasteiger partial charge in [0.2, 0.25) is 11.8 Å². The predicted molar refractivity (Wildman–Crippen MR) is 100 cm³/mol. The monoisotopic (exact) mass is 392 g/mol. The first-order valence-electron chi connectivity index (χ1n) is 8.66. The standard InChI is InChI=1S/C20H22F2N2O4/c1-14(25)24(11-12-28-17-6-4-16(27-2)5-7-17)10-9-20(26)23-15-3-8-18(21)19(22)13-15/h3-8,13H,9-12H2,1-2H3,(H,23,26). The molecule has 0 heterocycles. The largest absolute Gasteiger partial charge is 0.497 e. The minimum Gasteiger partial charge on any atom is -0.497 e. The van der Waals surface area contributed by atoms with Crippen LogP contribution in [0.25, 0.3) is 0 Å². The zero-order valence-corrected chi connectivity index (χ0v) is 15.7. The Hall–Kier alpha value is -3.16. The molecule has 0 radical (unpaired) electrons. The highest BCUT2D eigenvalue weighted by molar-refractivity contribution is 5.91. The Bertz CT molecular complexity index is 812. The van der Waals surface area contributed by atoms with E-state index in [9.17, 15) is 18.4 Å². The molecule has 2 aromatic carbocycles. The Labute approximate surface area is 162 Å². The Morgan fingerprint density at radius 1 is 1.00 bits per heavy atom. The van der Waals surface area contributed by atoms with Crippen molar-refractivity contribution in [1.82, 2.24) is 4.90 Å². The predicted octanol–water partition coefficient (Wildman–Crippen LogP) is 3.23. The van der Waals surface area contributed by atoms with Gasteiger partial charge in [-0.1, -0.05) is 0 Å². The van der Waals surface area contributed by atoms with Gasteiger partial charge in [-0.25, -0.2) is 8.78 Å². The highest BCUT2D eigenvalue weighted by Gasteiger charge is 2.12. The van der Waals surface area contributed by atoms with Gasteiger partial charge in [-0.2, -0.15) is 0 Å². The second kappa shape index (κ2) is 10.2. The molecular formula is C20H22F2N2O4. The van der Waals surface area contributed by atoms with E-state index in [0.717, 1.165) is 12.1 Å². The lowest BCUT2D eigenvalue weighted by Crippen LogP contribution is -2.35. The topological polar surface area (TPSA) is 67.9 Å². The summed E-state index contributed by atoms with van der Waals surface area (Å²) in [5.74, 6) is -1.28. The summed E-state index contributed by atoms with van der Waals surface area (Å²) in [6.07, 6.45) is 0.0150. The van der Waals surface area contributed by atoms with E-state index < -0.39 is 17.5 Å². The van der Waals surface area contributed by atoms with E-state index in [2.05, 4.69) is 5.32 Å². The van der Waals surface area contributed by atoms with Crippen LogP contribution in [0.1, 0.15) is 13.3 Å². The number of halogens is 2. The Kier molecular flexibility index (Phi) is 7.74. The van der Waals surface area contributed by atoms with Crippen LogP contribution >= 0.6 is 0 Å². The first-order valence-corrected chi connectivity index (χ1v) is 8.66. The second-order valence-electron chi connectivity index (χ2n) is 5.96. The molecule has 28 heavy (non-hydrogen) atoms. The molecule has 6 nitrogen and oxygen atoms in total. The normalized spacial score (nSPS) is 10.3. The van der Waals surface area contributed by atoms with Crippen molar-refractivity contribution in [2.45, 2.75) is 13.3 Å². The van der Waals surface area contributed by atoms with Gasteiger partial charge in [-0.3, -0.25) is 9.59 Å². The van der Waals surface area contributed by atoms with Gasteiger partial charge in [0.1, 0.15) is 18.1 Å². The summed E-state index contributed by atoms with van der Waals surface area (Å²) in [7, 11) is 1.57. The fourth-order valence-corrected chi connectivity index (χ4v) is 2.41. The number of nitrogens with zero attached hydrogens (tertiary/aromatic N) is 1. The van der Waals surface area contributed by atoms with Crippen molar-refractivity contribution in [3.8, 4) is 11.5 Å². The summed E-state index contributed by atoms with van der Waals surface area (Å²) in [4.78, 5) is 25.2. The van der Waals surface area contributed by atoms with Crippen LogP contribution in [-0.4, -0.2) is 43.5 Å². The minimum absolute atomic E-state index is 0.0150. The molecule has 0 saturated heterocycles. The van der Waals surface area contributed by atoms with Gasteiger partial charge in [0.15, 0.2) is 11.6 Å². The third-order valence-corrected chi connectivity index (χ3v) is 3.95. The first-order chi connectivity index (χ1) is 13.4. The number of methoxy groups -OCH3 is 1. The van der Waals surface area contributed by atoms with Crippen molar-refractivity contribution in [3.05, 3.63) is 54.1 Å². The highest BCUT2D eigenvalue weighted by Crippen LogP contribution is 2.17. The Balaban J connectivity index is 1.78. The van der Waals surface area contributed by atoms with Crippen LogP contribution in [0.5, 0.6) is 11.5 Å². The molecule has 0 aliphatic carbocycles. The number of carbonyl (C=O) groups is 2. The van der Waals surface area contributed by atoms with Crippen LogP contribution in [0, 0.1) is 11.6 Å². The van der Waals surface area contributed by atoms with E-state index in [-0.39, 0.29) is 31.2 Å². The molecule has 0 spiro atoms. The zero-order chi connectivity index (χ0) is 20.5. The lowest BCUT2D eigenvalue weighted by molar-refractivity contribution is -0.129. The van der Waals surface area contributed by atoms with Crippen LogP contribution in [-0.2, 0) is 9.59 Å². The average molecular weight is 392 g/mol. The molecule has 0 saturated carbocycles. The number of nitrogens with one attached hydrogen (secondary N) is 1. The summed E-state index contributed by atoms with van der Waals surface area (Å²) in [6, 6.07) is 10.1. The van der Waals surface area contributed by atoms with Gasteiger partial charge in [0.05, 0.1) is 13.7 Å². The number of benzene rings is 2. The minimum atomic E-state index is -1.04. The van der Waals surface area contributed by atoms with E-state index in [4.69, 9.17) is 9.47 Å². The van der Waals surface area contributed by atoms with Crippen LogP contribution in [0.4, 0.5) is 14.5 Å². The fraction of sp³-hybridized carbons (Fsp3) is 0.300. The van der Waals surface area contributed by atoms with Gasteiger partial charge in [0.25, 0.3) is 0 Å². The first kappa shape index (κ1) is 21.1. The molecule has 0 atom stereocenters. The molecular weight excluding hydrogens is 370 g/mol. The maximum atomic E-state index is 13.2. The lowest BCUT2D eigenvalue weighted by atomic mass is 10.2. The molecule has 0 unspecified atom stereocenters. The van der Waals surface area contributed by atoms with Crippen molar-refractivity contribution in [2.24, 2.45) is 0 Å². The van der Waals surface area contributed by atoms with E-state index in [1.807, 2.05) is 0 Å². The highest BCUT2D eigenvalue weighted by atomic mass is 19.2. The second-order valence-corrected chi connectivity index (χ2v) is 5.96. The number of ether oxygens (including phenoxy) is 2. The molecule has 8 heteroatoms. The maximum absolute atomic E-state index is 13.2. The number of rotatable bonds is 9. The van der Waals surface area contributed by atoms with Gasteiger partial charge in [0, 0.05) is 31.6 Å². The molecule has 2 amide bonds. The van der Waals surface area contributed by atoms with Crippen molar-refractivity contribution in [3.63, 3.8) is 0 Å². The Morgan fingerprint density at radius 3 is 2.29 bits per heavy atom. The molecule has 150 valence electrons. The smallest absolute Gasteiger partial charge is 0.226 e. The molecule has 0 bridgehead atoms. The van der Waals surface area contributed by atoms with Crippen molar-refractivity contribution >= 4 is 17.5 Å². The van der Waals surface area contributed by atoms with E-state index in [1.165, 1.54) is 17.9 Å². The SMILES string of the molecule is COc1ccc(OCCN(CCC(=O)Nc2ccc(F)c(F)c2)C(C)=O)cc1. The number of amides is 2. The fourth-order valence-electron chi connectivity index (χ4n) is 2.41. The van der Waals surface area contributed by atoms with Crippen LogP contribution in [0.15, 0.2) is 42.5 Å². The molecule has 0 fully saturated rings. The van der Waals surface area contributed by atoms with Gasteiger partial charge in [-0.15, -0.1) is 0 Å². The number of hydrogen-bond donors (Lipinski definition) is 1. The average Bonchev–Trinajstić information content (AvgIpc) is 2.67. The molecule has 2 rings (SSSR count). The van der Waals surface area contributed by atoms with Gasteiger partial charge < -0.3 is 19.7 Å². The summed E-state index contributed by atoms with van der Waals surface area (Å²) >= 11 is 0. The molecule has 0 aromatic heterocycles. The van der Waals surface area contributed by atoms with E-state index in [0.29, 0.717) is 18.0 Å². The van der Waals surface area contributed by atoms with Gasteiger partial charge in [-0.05, 0) is 36.4 Å². The number of anilines is 1. The lowest BCUT2D eigenvalue weighted by Gasteiger charge is -2.21. The summed E-state index contributed by atoms with van der Waals surface area (Å²) in [6.45, 7) is 2.15. The molecule has 2 aromatic rings. The summed E-state index contributed by atoms with van der Waals surface area (Å²) in [5.41, 5.74) is 0.154. The van der Waals surface area contributed by atoms with Crippen LogP contribution in [0.3, 0.4) is 0 Å². The van der Waals surface area contributed by atoms with Crippen LogP contribution < -0.4 is 14.8 Å². The number of carbonyl (C=O) groups excluding carboxylic acids is 2. The zero-order valence-electron chi connectivity index (χ0n) is 15.7. The van der Waals surface area contributed by atoms with Gasteiger partial charge >= 0.3 is 0 Å². The van der Waals surface area contributed by atoms with Crippen molar-refractivity contribution in [2.75, 3.05) is 32.1 Å². The third kappa shape index (κ3) is 6.53. The summed E-state index contributed by atoms with van der Waals surface area (Å²) < 4.78 is 36.7. The quantitative estimate of drug-likeness (QED) is 0.712. The van der Waals surface area contributed by atoms with E-state index in [1.54, 1.807) is 31.4 Å². The van der Waals surface area contributed by atoms with Crippen molar-refractivity contribution < 1.29 is 27.8 Å². The van der Waals surface area contributed by atoms with E-state index >= 15 is 0 Å². The maximum Gasteiger partial charge on any atom is 0.226 e. The van der Waals surface area contributed by atoms with Crippen LogP contribution in [0.2, 0.25) is 0 Å². The molecule has 1 N–H and O–H groups in total. The summed E-state index contributed by atoms with van der Waals surface area (Å²) in [5, 5.41) is 2.47. The molecule has 0 aliphatic heterocycles. The Morgan fingerprint density at radius 2 is 1.68 bits per heavy atom. The third-order valence-electron chi connectivity index (χ3n) is 3.95. The molecule has 0 aliphatic rings. The van der Waals surface area contributed by atoms with Crippen molar-refractivity contribution in [1.29, 1.82) is 0 Å².